The highest BCUT2D eigenvalue weighted by atomic mass is 32.2. The summed E-state index contributed by atoms with van der Waals surface area (Å²) in [4.78, 5) is 26.1. The van der Waals surface area contributed by atoms with Crippen LogP contribution in [-0.2, 0) is 21.5 Å². The van der Waals surface area contributed by atoms with E-state index >= 15 is 0 Å². The van der Waals surface area contributed by atoms with Crippen LogP contribution in [0.3, 0.4) is 0 Å². The molecule has 7 nitrogen and oxygen atoms in total. The Balaban J connectivity index is 1.55. The van der Waals surface area contributed by atoms with Crippen molar-refractivity contribution in [1.29, 1.82) is 0 Å². The van der Waals surface area contributed by atoms with Gasteiger partial charge in [0.05, 0.1) is 18.8 Å². The van der Waals surface area contributed by atoms with Crippen LogP contribution in [0.15, 0.2) is 42.5 Å². The minimum absolute atomic E-state index is 0.171. The summed E-state index contributed by atoms with van der Waals surface area (Å²) in [6.07, 6.45) is 11.5. The van der Waals surface area contributed by atoms with Gasteiger partial charge in [0.2, 0.25) is 11.8 Å². The molecule has 0 saturated heterocycles. The fourth-order valence-corrected chi connectivity index (χ4v) is 5.68. The SMILES string of the molecule is C#Cc1cccc(C2(NC[C@@H](O)C3Cc4cc(F)cc(c4)OCCCCCC(=O)NC(CCSC)C(=O)N3)CC2)c1. The molecule has 9 heteroatoms. The molecule has 1 aliphatic carbocycles. The molecule has 1 heterocycles. The zero-order valence-corrected chi connectivity index (χ0v) is 24.4. The molecule has 2 aliphatic rings. The zero-order valence-electron chi connectivity index (χ0n) is 23.6. The number of amides is 2. The van der Waals surface area contributed by atoms with E-state index in [-0.39, 0.29) is 30.3 Å². The topological polar surface area (TPSA) is 99.7 Å². The van der Waals surface area contributed by atoms with Gasteiger partial charge in [-0.3, -0.25) is 9.59 Å². The van der Waals surface area contributed by atoms with Gasteiger partial charge < -0.3 is 25.8 Å². The van der Waals surface area contributed by atoms with Crippen LogP contribution in [0.25, 0.3) is 0 Å². The van der Waals surface area contributed by atoms with Crippen LogP contribution < -0.4 is 20.7 Å². The maximum absolute atomic E-state index is 14.5. The second-order valence-electron chi connectivity index (χ2n) is 10.9. The summed E-state index contributed by atoms with van der Waals surface area (Å²) in [6, 6.07) is 10.8. The van der Waals surface area contributed by atoms with Crippen LogP contribution in [0.5, 0.6) is 5.75 Å². The molecule has 2 unspecified atom stereocenters. The van der Waals surface area contributed by atoms with E-state index in [1.165, 1.54) is 12.1 Å². The van der Waals surface area contributed by atoms with E-state index in [9.17, 15) is 19.1 Å². The molecule has 1 fully saturated rings. The molecule has 220 valence electrons. The number of thioether (sulfide) groups is 1. The third-order valence-electron chi connectivity index (χ3n) is 7.74. The van der Waals surface area contributed by atoms with Crippen LogP contribution in [0.1, 0.15) is 61.6 Å². The van der Waals surface area contributed by atoms with Gasteiger partial charge in [-0.2, -0.15) is 11.8 Å². The van der Waals surface area contributed by atoms with Gasteiger partial charge in [0.1, 0.15) is 17.6 Å². The number of nitrogens with one attached hydrogen (secondary N) is 3. The molecular formula is C32H40FN3O4S. The average Bonchev–Trinajstić information content (AvgIpc) is 3.76. The van der Waals surface area contributed by atoms with Crippen LogP contribution >= 0.6 is 11.8 Å². The Labute approximate surface area is 246 Å². The fraction of sp³-hybridized carbons (Fsp3) is 0.500. The number of halogens is 1. The van der Waals surface area contributed by atoms with E-state index in [1.807, 2.05) is 30.5 Å². The van der Waals surface area contributed by atoms with Crippen molar-refractivity contribution in [3.63, 3.8) is 0 Å². The number of ether oxygens (including phenoxy) is 1. The lowest BCUT2D eigenvalue weighted by Crippen LogP contribution is -2.55. The van der Waals surface area contributed by atoms with Gasteiger partial charge in [-0.15, -0.1) is 6.42 Å². The van der Waals surface area contributed by atoms with E-state index in [0.29, 0.717) is 42.9 Å². The minimum atomic E-state index is -0.990. The van der Waals surface area contributed by atoms with Crippen LogP contribution in [-0.4, -0.2) is 60.3 Å². The van der Waals surface area contributed by atoms with Crippen LogP contribution in [0.4, 0.5) is 4.39 Å². The number of hydrogen-bond donors (Lipinski definition) is 4. The predicted molar refractivity (Wildman–Crippen MR) is 160 cm³/mol. The summed E-state index contributed by atoms with van der Waals surface area (Å²) in [5, 5.41) is 20.8. The second kappa shape index (κ2) is 14.7. The summed E-state index contributed by atoms with van der Waals surface area (Å²) in [5.41, 5.74) is 2.17. The van der Waals surface area contributed by atoms with Crippen molar-refractivity contribution in [2.75, 3.05) is 25.2 Å². The van der Waals surface area contributed by atoms with Crippen molar-refractivity contribution in [2.45, 2.75) is 75.1 Å². The molecule has 4 N–H and O–H groups in total. The highest BCUT2D eigenvalue weighted by molar-refractivity contribution is 7.98. The molecule has 2 amide bonds. The number of fused-ring (bicyclic) bond motifs is 2. The number of rotatable bonds is 8. The molecule has 4 rings (SSSR count). The lowest BCUT2D eigenvalue weighted by Gasteiger charge is -2.29. The lowest BCUT2D eigenvalue weighted by atomic mass is 9.98. The van der Waals surface area contributed by atoms with Crippen molar-refractivity contribution in [3.8, 4) is 18.1 Å². The van der Waals surface area contributed by atoms with Gasteiger partial charge in [0, 0.05) is 30.1 Å². The third-order valence-corrected chi connectivity index (χ3v) is 8.38. The summed E-state index contributed by atoms with van der Waals surface area (Å²) in [7, 11) is 0. The number of carbonyl (C=O) groups is 2. The molecule has 3 atom stereocenters. The summed E-state index contributed by atoms with van der Waals surface area (Å²) >= 11 is 1.59. The fourth-order valence-electron chi connectivity index (χ4n) is 5.21. The van der Waals surface area contributed by atoms with Crippen molar-refractivity contribution in [2.24, 2.45) is 0 Å². The summed E-state index contributed by atoms with van der Waals surface area (Å²) < 4.78 is 20.3. The summed E-state index contributed by atoms with van der Waals surface area (Å²) in [5.74, 6) is 2.80. The van der Waals surface area contributed by atoms with Crippen LogP contribution in [0, 0.1) is 18.2 Å². The first kappa shape index (κ1) is 30.9. The number of aliphatic hydroxyl groups excluding tert-OH is 1. The molecule has 41 heavy (non-hydrogen) atoms. The normalized spacial score (nSPS) is 22.0. The monoisotopic (exact) mass is 581 g/mol. The van der Waals surface area contributed by atoms with Gasteiger partial charge in [-0.1, -0.05) is 18.1 Å². The second-order valence-corrected chi connectivity index (χ2v) is 11.9. The zero-order chi connectivity index (χ0) is 29.2. The van der Waals surface area contributed by atoms with Gasteiger partial charge in [-0.05, 0) is 92.3 Å². The molecule has 2 aromatic rings. The van der Waals surface area contributed by atoms with Gasteiger partial charge in [0.15, 0.2) is 0 Å². The molecule has 1 saturated carbocycles. The third kappa shape index (κ3) is 8.96. The number of hydrogen-bond acceptors (Lipinski definition) is 6. The Kier molecular flexibility index (Phi) is 11.1. The number of terminal acetylenes is 1. The average molecular weight is 582 g/mol. The van der Waals surface area contributed by atoms with Gasteiger partial charge in [0.25, 0.3) is 0 Å². The Morgan fingerprint density at radius 3 is 2.78 bits per heavy atom. The molecule has 0 radical (unpaired) electrons. The number of carbonyl (C=O) groups excluding carboxylic acids is 2. The van der Waals surface area contributed by atoms with Crippen molar-refractivity contribution in [3.05, 3.63) is 65.0 Å². The Hall–Kier alpha value is -3.06. The van der Waals surface area contributed by atoms with Crippen molar-refractivity contribution >= 4 is 23.6 Å². The van der Waals surface area contributed by atoms with E-state index < -0.39 is 24.0 Å². The minimum Gasteiger partial charge on any atom is -0.493 e. The highest BCUT2D eigenvalue weighted by Crippen LogP contribution is 2.45. The quantitative estimate of drug-likeness (QED) is 0.355. The standard InChI is InChI=1S/C32H40FN3O4S/c1-3-22-8-7-9-24(16-22)32(12-13-32)34-21-29(37)28-19-23-17-25(33)20-26(18-23)40-14-6-4-5-10-30(38)35-27(11-15-41-2)31(39)36-28/h1,7-9,16-18,20,27-29,34,37H,4-6,10-15,19,21H2,2H3,(H,35,38)(H,36,39)/t27?,28?,29-/m1/s1. The van der Waals surface area contributed by atoms with Gasteiger partial charge in [-0.25, -0.2) is 4.39 Å². The molecule has 1 aliphatic heterocycles. The maximum atomic E-state index is 14.5. The first-order valence-corrected chi connectivity index (χ1v) is 15.7. The van der Waals surface area contributed by atoms with Crippen LogP contribution in [0.2, 0.25) is 0 Å². The Bertz CT molecular complexity index is 1250. The van der Waals surface area contributed by atoms with E-state index in [0.717, 1.165) is 36.8 Å². The smallest absolute Gasteiger partial charge is 0.242 e. The number of aliphatic hydroxyl groups is 1. The first-order valence-electron chi connectivity index (χ1n) is 14.3. The van der Waals surface area contributed by atoms with Gasteiger partial charge >= 0.3 is 0 Å². The van der Waals surface area contributed by atoms with E-state index in [4.69, 9.17) is 11.2 Å². The largest absolute Gasteiger partial charge is 0.493 e. The molecule has 2 aromatic carbocycles. The predicted octanol–water partition coefficient (Wildman–Crippen LogP) is 3.66. The molecular weight excluding hydrogens is 541 g/mol. The lowest BCUT2D eigenvalue weighted by molar-refractivity contribution is -0.130. The summed E-state index contributed by atoms with van der Waals surface area (Å²) in [6.45, 7) is 0.613. The Morgan fingerprint density at radius 1 is 1.20 bits per heavy atom. The Morgan fingerprint density at radius 2 is 2.02 bits per heavy atom. The molecule has 0 aromatic heterocycles. The first-order chi connectivity index (χ1) is 19.8. The van der Waals surface area contributed by atoms with Crippen molar-refractivity contribution < 1.29 is 23.8 Å². The number of benzene rings is 2. The van der Waals surface area contributed by atoms with E-state index in [1.54, 1.807) is 17.8 Å². The highest BCUT2D eigenvalue weighted by Gasteiger charge is 2.44. The molecule has 2 bridgehead atoms. The maximum Gasteiger partial charge on any atom is 0.242 e. The van der Waals surface area contributed by atoms with Crippen molar-refractivity contribution in [1.82, 2.24) is 16.0 Å². The van der Waals surface area contributed by atoms with E-state index in [2.05, 4.69) is 21.9 Å². The molecule has 0 spiro atoms.